The molecular formula is C19H36N2O2. The van der Waals surface area contributed by atoms with Crippen molar-refractivity contribution < 1.29 is 9.59 Å². The van der Waals surface area contributed by atoms with Crippen molar-refractivity contribution in [1.29, 1.82) is 0 Å². The van der Waals surface area contributed by atoms with Crippen molar-refractivity contribution in [3.8, 4) is 0 Å². The monoisotopic (exact) mass is 324 g/mol. The Kier molecular flexibility index (Phi) is 10.8. The highest BCUT2D eigenvalue weighted by Gasteiger charge is 2.25. The highest BCUT2D eigenvalue weighted by atomic mass is 16.2. The third-order valence-electron chi connectivity index (χ3n) is 4.95. The summed E-state index contributed by atoms with van der Waals surface area (Å²) in [6.45, 7) is 5.00. The maximum Gasteiger partial charge on any atom is 0.309 e. The number of hydrogen-bond acceptors (Lipinski definition) is 2. The molecule has 4 heteroatoms. The van der Waals surface area contributed by atoms with Gasteiger partial charge in [-0.05, 0) is 25.2 Å². The molecule has 0 aromatic rings. The molecule has 0 aliphatic heterocycles. The fraction of sp³-hybridized carbons (Fsp3) is 0.895. The Labute approximate surface area is 142 Å². The lowest BCUT2D eigenvalue weighted by Gasteiger charge is -2.29. The van der Waals surface area contributed by atoms with E-state index in [2.05, 4.69) is 24.5 Å². The molecule has 0 heterocycles. The number of rotatable bonds is 10. The van der Waals surface area contributed by atoms with Crippen LogP contribution in [-0.4, -0.2) is 24.4 Å². The summed E-state index contributed by atoms with van der Waals surface area (Å²) in [6, 6.07) is 0.171. The van der Waals surface area contributed by atoms with E-state index < -0.39 is 11.8 Å². The second-order valence-corrected chi connectivity index (χ2v) is 7.07. The summed E-state index contributed by atoms with van der Waals surface area (Å²) in [6.07, 6.45) is 14.4. The molecule has 1 aliphatic rings. The van der Waals surface area contributed by atoms with Gasteiger partial charge in [-0.3, -0.25) is 9.59 Å². The minimum absolute atomic E-state index is 0.171. The van der Waals surface area contributed by atoms with Crippen LogP contribution in [0.5, 0.6) is 0 Å². The normalized spacial score (nSPS) is 21.0. The molecule has 0 radical (unpaired) electrons. The Morgan fingerprint density at radius 3 is 2.13 bits per heavy atom. The lowest BCUT2D eigenvalue weighted by atomic mass is 9.86. The van der Waals surface area contributed by atoms with E-state index in [1.807, 2.05) is 0 Å². The Bertz CT molecular complexity index is 344. The van der Waals surface area contributed by atoms with E-state index in [1.165, 1.54) is 44.9 Å². The molecule has 2 amide bonds. The smallest absolute Gasteiger partial charge is 0.309 e. The molecule has 0 aromatic carbocycles. The predicted molar refractivity (Wildman–Crippen MR) is 95.2 cm³/mol. The van der Waals surface area contributed by atoms with E-state index in [0.717, 1.165) is 32.1 Å². The molecule has 1 aliphatic carbocycles. The van der Waals surface area contributed by atoms with E-state index >= 15 is 0 Å². The number of carbonyl (C=O) groups is 2. The van der Waals surface area contributed by atoms with Gasteiger partial charge in [-0.25, -0.2) is 0 Å². The first-order valence-electron chi connectivity index (χ1n) is 9.73. The Balaban J connectivity index is 2.01. The fourth-order valence-corrected chi connectivity index (χ4v) is 3.31. The average molecular weight is 325 g/mol. The number of unbranched alkanes of at least 4 members (excludes halogenated alkanes) is 7. The van der Waals surface area contributed by atoms with Gasteiger partial charge in [0, 0.05) is 12.6 Å². The molecule has 0 aromatic heterocycles. The molecule has 23 heavy (non-hydrogen) atoms. The number of nitrogens with one attached hydrogen (secondary N) is 2. The highest BCUT2D eigenvalue weighted by Crippen LogP contribution is 2.23. The zero-order valence-electron chi connectivity index (χ0n) is 15.2. The Morgan fingerprint density at radius 2 is 1.48 bits per heavy atom. The Hall–Kier alpha value is -1.06. The lowest BCUT2D eigenvalue weighted by Crippen LogP contribution is -2.47. The number of carbonyl (C=O) groups excluding carboxylic acids is 2. The van der Waals surface area contributed by atoms with Crippen LogP contribution in [0.1, 0.15) is 90.9 Å². The first-order valence-corrected chi connectivity index (χ1v) is 9.73. The maximum atomic E-state index is 11.9. The summed E-state index contributed by atoms with van der Waals surface area (Å²) in [5.74, 6) is -0.442. The van der Waals surface area contributed by atoms with Gasteiger partial charge in [0.25, 0.3) is 0 Å². The molecular weight excluding hydrogens is 288 g/mol. The van der Waals surface area contributed by atoms with Crippen LogP contribution >= 0.6 is 0 Å². The summed E-state index contributed by atoms with van der Waals surface area (Å²) in [4.78, 5) is 23.7. The third kappa shape index (κ3) is 8.97. The minimum Gasteiger partial charge on any atom is -0.348 e. The van der Waals surface area contributed by atoms with E-state index in [1.54, 1.807) is 0 Å². The van der Waals surface area contributed by atoms with Gasteiger partial charge in [0.15, 0.2) is 0 Å². The minimum atomic E-state index is -0.467. The summed E-state index contributed by atoms with van der Waals surface area (Å²) < 4.78 is 0. The van der Waals surface area contributed by atoms with Crippen LogP contribution in [0.25, 0.3) is 0 Å². The molecule has 1 fully saturated rings. The molecule has 0 unspecified atom stereocenters. The van der Waals surface area contributed by atoms with Crippen LogP contribution in [-0.2, 0) is 9.59 Å². The zero-order chi connectivity index (χ0) is 16.9. The van der Waals surface area contributed by atoms with Gasteiger partial charge in [-0.2, -0.15) is 0 Å². The number of amides is 2. The number of hydrogen-bond donors (Lipinski definition) is 2. The van der Waals surface area contributed by atoms with Gasteiger partial charge in [0.1, 0.15) is 0 Å². The van der Waals surface area contributed by atoms with E-state index in [4.69, 9.17) is 0 Å². The molecule has 0 spiro atoms. The van der Waals surface area contributed by atoms with E-state index in [-0.39, 0.29) is 6.04 Å². The highest BCUT2D eigenvalue weighted by molar-refractivity contribution is 6.35. The van der Waals surface area contributed by atoms with E-state index in [0.29, 0.717) is 12.5 Å². The summed E-state index contributed by atoms with van der Waals surface area (Å²) in [7, 11) is 0. The quantitative estimate of drug-likeness (QED) is 0.472. The SMILES string of the molecule is CCCCCCCCCCNC(=O)C(=O)N[C@H]1CCCC[C@@H]1C. The third-order valence-corrected chi connectivity index (χ3v) is 4.95. The molecule has 1 rings (SSSR count). The molecule has 0 bridgehead atoms. The van der Waals surface area contributed by atoms with Gasteiger partial charge in [0.2, 0.25) is 0 Å². The largest absolute Gasteiger partial charge is 0.348 e. The standard InChI is InChI=1S/C19H36N2O2/c1-3-4-5-6-7-8-9-12-15-20-18(22)19(23)21-17-14-11-10-13-16(17)2/h16-17H,3-15H2,1-2H3,(H,20,22)(H,21,23)/t16-,17-/m0/s1. The Morgan fingerprint density at radius 1 is 0.870 bits per heavy atom. The summed E-state index contributed by atoms with van der Waals surface area (Å²) >= 11 is 0. The maximum absolute atomic E-state index is 11.9. The molecule has 2 N–H and O–H groups in total. The van der Waals surface area contributed by atoms with Gasteiger partial charge in [0.05, 0.1) is 0 Å². The van der Waals surface area contributed by atoms with Crippen molar-refractivity contribution in [2.24, 2.45) is 5.92 Å². The first kappa shape index (κ1) is 20.0. The second kappa shape index (κ2) is 12.4. The van der Waals surface area contributed by atoms with Crippen molar-refractivity contribution >= 4 is 11.8 Å². The van der Waals surface area contributed by atoms with Gasteiger partial charge < -0.3 is 10.6 Å². The molecule has 2 atom stereocenters. The molecule has 134 valence electrons. The van der Waals surface area contributed by atoms with Crippen molar-refractivity contribution in [3.05, 3.63) is 0 Å². The van der Waals surface area contributed by atoms with Crippen LogP contribution in [0.15, 0.2) is 0 Å². The fourth-order valence-electron chi connectivity index (χ4n) is 3.31. The van der Waals surface area contributed by atoms with Crippen LogP contribution in [0, 0.1) is 5.92 Å². The van der Waals surface area contributed by atoms with Crippen LogP contribution in [0.2, 0.25) is 0 Å². The van der Waals surface area contributed by atoms with E-state index in [9.17, 15) is 9.59 Å². The lowest BCUT2D eigenvalue weighted by molar-refractivity contribution is -0.140. The van der Waals surface area contributed by atoms with Gasteiger partial charge in [-0.15, -0.1) is 0 Å². The summed E-state index contributed by atoms with van der Waals surface area (Å²) in [5, 5.41) is 5.65. The molecule has 4 nitrogen and oxygen atoms in total. The van der Waals surface area contributed by atoms with Gasteiger partial charge >= 0.3 is 11.8 Å². The molecule has 1 saturated carbocycles. The average Bonchev–Trinajstić information content (AvgIpc) is 2.55. The van der Waals surface area contributed by atoms with Crippen LogP contribution < -0.4 is 10.6 Å². The van der Waals surface area contributed by atoms with Crippen molar-refractivity contribution in [3.63, 3.8) is 0 Å². The van der Waals surface area contributed by atoms with Crippen molar-refractivity contribution in [1.82, 2.24) is 10.6 Å². The molecule has 0 saturated heterocycles. The second-order valence-electron chi connectivity index (χ2n) is 7.07. The van der Waals surface area contributed by atoms with Gasteiger partial charge in [-0.1, -0.05) is 71.6 Å². The van der Waals surface area contributed by atoms with Crippen LogP contribution in [0.4, 0.5) is 0 Å². The van der Waals surface area contributed by atoms with Crippen molar-refractivity contribution in [2.45, 2.75) is 96.9 Å². The topological polar surface area (TPSA) is 58.2 Å². The first-order chi connectivity index (χ1) is 11.1. The van der Waals surface area contributed by atoms with Crippen molar-refractivity contribution in [2.75, 3.05) is 6.54 Å². The summed E-state index contributed by atoms with van der Waals surface area (Å²) in [5.41, 5.74) is 0. The predicted octanol–water partition coefficient (Wildman–Crippen LogP) is 3.94. The van der Waals surface area contributed by atoms with Crippen LogP contribution in [0.3, 0.4) is 0 Å². The zero-order valence-corrected chi connectivity index (χ0v) is 15.2.